The molecular weight excluding hydrogens is 302 g/mol. The lowest BCUT2D eigenvalue weighted by atomic mass is 10.1. The average molecular weight is 325 g/mol. The molecule has 3 rings (SSSR count). The number of nitrogens with zero attached hydrogens (tertiary/aromatic N) is 3. The number of furan rings is 1. The summed E-state index contributed by atoms with van der Waals surface area (Å²) in [5.41, 5.74) is 2.73. The van der Waals surface area contributed by atoms with Gasteiger partial charge < -0.3 is 14.1 Å². The predicted octanol–water partition coefficient (Wildman–Crippen LogP) is 3.90. The molecule has 1 fully saturated rings. The molecule has 0 radical (unpaired) electrons. The Morgan fingerprint density at radius 3 is 2.79 bits per heavy atom. The maximum absolute atomic E-state index is 6.16. The predicted molar refractivity (Wildman–Crippen MR) is 97.2 cm³/mol. The Balaban J connectivity index is 2.04. The van der Waals surface area contributed by atoms with Crippen molar-refractivity contribution in [3.8, 4) is 0 Å². The number of hydrogen-bond acceptors (Lipinski definition) is 5. The van der Waals surface area contributed by atoms with Crippen LogP contribution in [0.25, 0.3) is 16.7 Å². The largest absolute Gasteiger partial charge is 0.451 e. The maximum Gasteiger partial charge on any atom is 0.195 e. The number of anilines is 1. The summed E-state index contributed by atoms with van der Waals surface area (Å²) >= 11 is 0. The van der Waals surface area contributed by atoms with E-state index < -0.39 is 0 Å². The van der Waals surface area contributed by atoms with E-state index in [-0.39, 0.29) is 0 Å². The van der Waals surface area contributed by atoms with Crippen LogP contribution in [0.15, 0.2) is 41.4 Å². The second-order valence-electron chi connectivity index (χ2n) is 5.68. The number of hydrogen-bond donors (Lipinski definition) is 0. The van der Waals surface area contributed by atoms with Crippen LogP contribution in [0.1, 0.15) is 24.9 Å². The van der Waals surface area contributed by atoms with E-state index in [4.69, 9.17) is 9.15 Å². The number of fused-ring (bicyclic) bond motifs is 1. The van der Waals surface area contributed by atoms with Crippen LogP contribution in [0.2, 0.25) is 0 Å². The highest BCUT2D eigenvalue weighted by molar-refractivity contribution is 5.87. The lowest BCUT2D eigenvalue weighted by Crippen LogP contribution is -2.37. The Labute approximate surface area is 142 Å². The molecule has 2 aromatic heterocycles. The van der Waals surface area contributed by atoms with Gasteiger partial charge in [0.1, 0.15) is 17.1 Å². The molecule has 0 bridgehead atoms. The highest BCUT2D eigenvalue weighted by atomic mass is 16.5. The third-order valence-electron chi connectivity index (χ3n) is 4.02. The van der Waals surface area contributed by atoms with Crippen LogP contribution >= 0.6 is 0 Å². The highest BCUT2D eigenvalue weighted by Gasteiger charge is 2.20. The molecule has 0 aliphatic carbocycles. The highest BCUT2D eigenvalue weighted by Crippen LogP contribution is 2.31. The fraction of sp³-hybridized carbons (Fsp3) is 0.368. The van der Waals surface area contributed by atoms with Gasteiger partial charge in [0.05, 0.1) is 13.2 Å². The smallest absolute Gasteiger partial charge is 0.195 e. The van der Waals surface area contributed by atoms with E-state index in [0.29, 0.717) is 13.2 Å². The zero-order chi connectivity index (χ0) is 16.9. The molecule has 0 spiro atoms. The number of allylic oxidation sites excluding steroid dienone is 5. The molecule has 5 nitrogen and oxygen atoms in total. The van der Waals surface area contributed by atoms with Crippen molar-refractivity contribution in [3.63, 3.8) is 0 Å². The summed E-state index contributed by atoms with van der Waals surface area (Å²) in [5, 5.41) is 0. The van der Waals surface area contributed by atoms with Crippen molar-refractivity contribution < 1.29 is 9.15 Å². The molecule has 0 unspecified atom stereocenters. The van der Waals surface area contributed by atoms with Gasteiger partial charge in [-0.3, -0.25) is 0 Å². The molecule has 0 aromatic carbocycles. The Hall–Kier alpha value is -2.40. The number of aromatic nitrogens is 2. The molecule has 2 aromatic rings. The van der Waals surface area contributed by atoms with Gasteiger partial charge in [0.2, 0.25) is 0 Å². The van der Waals surface area contributed by atoms with E-state index in [1.165, 1.54) is 0 Å². The topological polar surface area (TPSA) is 51.4 Å². The molecule has 0 N–H and O–H groups in total. The third kappa shape index (κ3) is 3.41. The second kappa shape index (κ2) is 7.45. The Bertz CT molecular complexity index is 783. The van der Waals surface area contributed by atoms with Crippen molar-refractivity contribution in [1.82, 2.24) is 9.97 Å². The van der Waals surface area contributed by atoms with Gasteiger partial charge in [-0.2, -0.15) is 0 Å². The van der Waals surface area contributed by atoms with E-state index in [0.717, 1.165) is 53.6 Å². The minimum atomic E-state index is 0.713. The molecule has 24 heavy (non-hydrogen) atoms. The van der Waals surface area contributed by atoms with Crippen LogP contribution in [0.5, 0.6) is 0 Å². The normalized spacial score (nSPS) is 16.2. The van der Waals surface area contributed by atoms with Crippen LogP contribution in [-0.2, 0) is 4.74 Å². The molecule has 0 saturated carbocycles. The summed E-state index contributed by atoms with van der Waals surface area (Å²) in [6.45, 7) is 10.8. The van der Waals surface area contributed by atoms with Gasteiger partial charge in [-0.1, -0.05) is 37.8 Å². The Kier molecular flexibility index (Phi) is 5.11. The summed E-state index contributed by atoms with van der Waals surface area (Å²) in [6, 6.07) is 2.01. The maximum atomic E-state index is 6.16. The SMILES string of the molecule is C=C/C=C\C=C(/CC)c1cc2nc(C)nc(N3CCOCC3)c2o1. The lowest BCUT2D eigenvalue weighted by Gasteiger charge is -2.27. The van der Waals surface area contributed by atoms with Crippen molar-refractivity contribution in [2.24, 2.45) is 0 Å². The lowest BCUT2D eigenvalue weighted by molar-refractivity contribution is 0.122. The van der Waals surface area contributed by atoms with Gasteiger partial charge in [-0.05, 0) is 18.9 Å². The minimum Gasteiger partial charge on any atom is -0.451 e. The van der Waals surface area contributed by atoms with Gasteiger partial charge in [0, 0.05) is 19.2 Å². The minimum absolute atomic E-state index is 0.713. The van der Waals surface area contributed by atoms with Crippen LogP contribution in [0.4, 0.5) is 5.82 Å². The van der Waals surface area contributed by atoms with Gasteiger partial charge in [0.25, 0.3) is 0 Å². The fourth-order valence-corrected chi connectivity index (χ4v) is 2.80. The molecule has 1 saturated heterocycles. The van der Waals surface area contributed by atoms with Crippen LogP contribution in [0.3, 0.4) is 0 Å². The van der Waals surface area contributed by atoms with Gasteiger partial charge in [-0.25, -0.2) is 9.97 Å². The van der Waals surface area contributed by atoms with E-state index in [2.05, 4.69) is 28.4 Å². The van der Waals surface area contributed by atoms with Gasteiger partial charge in [0.15, 0.2) is 11.4 Å². The van der Waals surface area contributed by atoms with Gasteiger partial charge >= 0.3 is 0 Å². The Morgan fingerprint density at radius 1 is 1.29 bits per heavy atom. The molecule has 1 aliphatic heterocycles. The van der Waals surface area contributed by atoms with Crippen LogP contribution in [0, 0.1) is 6.92 Å². The quantitative estimate of drug-likeness (QED) is 0.780. The van der Waals surface area contributed by atoms with Crippen LogP contribution in [-0.4, -0.2) is 36.3 Å². The van der Waals surface area contributed by atoms with E-state index >= 15 is 0 Å². The van der Waals surface area contributed by atoms with Crippen LogP contribution < -0.4 is 4.90 Å². The first-order valence-electron chi connectivity index (χ1n) is 8.32. The number of rotatable bonds is 5. The first kappa shape index (κ1) is 16.5. The monoisotopic (exact) mass is 325 g/mol. The zero-order valence-corrected chi connectivity index (χ0v) is 14.3. The first-order valence-corrected chi connectivity index (χ1v) is 8.32. The molecular formula is C19H23N3O2. The zero-order valence-electron chi connectivity index (χ0n) is 14.3. The fourth-order valence-electron chi connectivity index (χ4n) is 2.80. The summed E-state index contributed by atoms with van der Waals surface area (Å²) in [4.78, 5) is 11.4. The Morgan fingerprint density at radius 2 is 2.08 bits per heavy atom. The average Bonchev–Trinajstić information content (AvgIpc) is 3.02. The van der Waals surface area contributed by atoms with Crippen molar-refractivity contribution in [1.29, 1.82) is 0 Å². The molecule has 0 amide bonds. The van der Waals surface area contributed by atoms with Crippen molar-refractivity contribution in [2.75, 3.05) is 31.2 Å². The van der Waals surface area contributed by atoms with E-state index in [1.54, 1.807) is 6.08 Å². The molecule has 3 heterocycles. The molecule has 5 heteroatoms. The number of aryl methyl sites for hydroxylation is 1. The van der Waals surface area contributed by atoms with Crippen molar-refractivity contribution in [3.05, 3.63) is 48.5 Å². The molecule has 126 valence electrons. The summed E-state index contributed by atoms with van der Waals surface area (Å²) in [6.07, 6.45) is 8.56. The summed E-state index contributed by atoms with van der Waals surface area (Å²) in [7, 11) is 0. The number of morpholine rings is 1. The number of ether oxygens (including phenoxy) is 1. The van der Waals surface area contributed by atoms with Crippen molar-refractivity contribution in [2.45, 2.75) is 20.3 Å². The van der Waals surface area contributed by atoms with Gasteiger partial charge in [-0.15, -0.1) is 0 Å². The van der Waals surface area contributed by atoms with E-state index in [9.17, 15) is 0 Å². The van der Waals surface area contributed by atoms with E-state index in [1.807, 2.05) is 31.2 Å². The standard InChI is InChI=1S/C19H23N3O2/c1-4-6-7-8-15(5-2)17-13-16-18(24-17)19(21-14(3)20-16)22-9-11-23-12-10-22/h4,6-8,13H,1,5,9-12H2,2-3H3/b7-6-,15-8+. The molecule has 0 atom stereocenters. The van der Waals surface area contributed by atoms with Crippen molar-refractivity contribution >= 4 is 22.5 Å². The third-order valence-corrected chi connectivity index (χ3v) is 4.02. The summed E-state index contributed by atoms with van der Waals surface area (Å²) in [5.74, 6) is 2.46. The summed E-state index contributed by atoms with van der Waals surface area (Å²) < 4.78 is 11.6. The second-order valence-corrected chi connectivity index (χ2v) is 5.68. The first-order chi connectivity index (χ1) is 11.7. The molecule has 1 aliphatic rings.